The van der Waals surface area contributed by atoms with Gasteiger partial charge in [0, 0.05) is 12.2 Å². The first-order chi connectivity index (χ1) is 11.7. The Bertz CT molecular complexity index is 915. The normalized spacial score (nSPS) is 10.4. The molecule has 4 nitrogen and oxygen atoms in total. The van der Waals surface area contributed by atoms with E-state index < -0.39 is 11.9 Å². The Kier molecular flexibility index (Phi) is 4.29. The van der Waals surface area contributed by atoms with Gasteiger partial charge < -0.3 is 9.47 Å². The molecule has 0 bridgehead atoms. The molecule has 3 aromatic rings. The van der Waals surface area contributed by atoms with Gasteiger partial charge in [0.2, 0.25) is 0 Å². The van der Waals surface area contributed by atoms with E-state index in [4.69, 9.17) is 9.47 Å². The van der Waals surface area contributed by atoms with Crippen LogP contribution >= 0.6 is 0 Å². The summed E-state index contributed by atoms with van der Waals surface area (Å²) in [5.74, 6) is -0.843. The lowest BCUT2D eigenvalue weighted by atomic mass is 9.97. The third-order valence-corrected chi connectivity index (χ3v) is 3.94. The topological polar surface area (TPSA) is 52.6 Å². The summed E-state index contributed by atoms with van der Waals surface area (Å²) in [6.07, 6.45) is 2.96. The van der Waals surface area contributed by atoms with E-state index in [2.05, 4.69) is 0 Å². The molecule has 4 heteroatoms. The second-order valence-corrected chi connectivity index (χ2v) is 5.25. The van der Waals surface area contributed by atoms with Crippen molar-refractivity contribution in [2.45, 2.75) is 0 Å². The number of rotatable bonds is 2. The minimum atomic E-state index is -0.421. The zero-order valence-corrected chi connectivity index (χ0v) is 13.4. The molecule has 0 atom stereocenters. The van der Waals surface area contributed by atoms with Gasteiger partial charge in [0.1, 0.15) is 0 Å². The summed E-state index contributed by atoms with van der Waals surface area (Å²) in [6, 6.07) is 15.3. The summed E-state index contributed by atoms with van der Waals surface area (Å²) < 4.78 is 9.58. The van der Waals surface area contributed by atoms with Crippen molar-refractivity contribution < 1.29 is 19.1 Å². The summed E-state index contributed by atoms with van der Waals surface area (Å²) >= 11 is 0. The summed E-state index contributed by atoms with van der Waals surface area (Å²) in [6.45, 7) is 0. The summed E-state index contributed by atoms with van der Waals surface area (Å²) in [7, 11) is 2.70. The van der Waals surface area contributed by atoms with E-state index in [9.17, 15) is 9.59 Å². The van der Waals surface area contributed by atoms with Gasteiger partial charge in [-0.05, 0) is 32.0 Å². The fourth-order valence-corrected chi connectivity index (χ4v) is 2.86. The maximum Gasteiger partial charge on any atom is 0.331 e. The maximum absolute atomic E-state index is 11.8. The number of carbonyl (C=O) groups is 2. The Morgan fingerprint density at radius 2 is 0.958 bits per heavy atom. The predicted octanol–water partition coefficient (Wildman–Crippen LogP) is 1.90. The van der Waals surface area contributed by atoms with Gasteiger partial charge in [-0.3, -0.25) is 0 Å². The summed E-state index contributed by atoms with van der Waals surface area (Å²) in [5.41, 5.74) is 0. The third kappa shape index (κ3) is 2.74. The number of carbonyl (C=O) groups excluding carboxylic acids is 2. The van der Waals surface area contributed by atoms with Crippen molar-refractivity contribution in [2.24, 2.45) is 0 Å². The van der Waals surface area contributed by atoms with E-state index in [1.54, 1.807) is 0 Å². The van der Waals surface area contributed by atoms with Gasteiger partial charge in [0.25, 0.3) is 0 Å². The highest BCUT2D eigenvalue weighted by atomic mass is 16.5. The zero-order chi connectivity index (χ0) is 17.1. The Morgan fingerprint density at radius 1 is 0.667 bits per heavy atom. The molecule has 0 amide bonds. The summed E-state index contributed by atoms with van der Waals surface area (Å²) in [5, 5.41) is 5.03. The molecule has 3 rings (SSSR count). The first kappa shape index (κ1) is 15.7. The molecule has 0 unspecified atom stereocenters. The number of benzene rings is 3. The molecule has 0 radical (unpaired) electrons. The lowest BCUT2D eigenvalue weighted by molar-refractivity contribution is -0.134. The fraction of sp³-hybridized carbons (Fsp3) is 0.100. The number of esters is 2. The molecule has 0 saturated carbocycles. The average Bonchev–Trinajstić information content (AvgIpc) is 2.63. The van der Waals surface area contributed by atoms with Crippen molar-refractivity contribution >= 4 is 45.6 Å². The SMILES string of the molecule is COC(=O)C=c1c2ccccc2c(=CC(=O)OC)c2ccccc12. The lowest BCUT2D eigenvalue weighted by Gasteiger charge is -2.07. The first-order valence-electron chi connectivity index (χ1n) is 7.44. The highest BCUT2D eigenvalue weighted by molar-refractivity contribution is 6.11. The molecule has 120 valence electrons. The van der Waals surface area contributed by atoms with E-state index >= 15 is 0 Å². The molecule has 0 fully saturated rings. The molecule has 24 heavy (non-hydrogen) atoms. The number of hydrogen-bond acceptors (Lipinski definition) is 4. The van der Waals surface area contributed by atoms with Crippen LogP contribution in [0.25, 0.3) is 33.7 Å². The standard InChI is InChI=1S/C20H16O4/c1-23-19(21)11-17-13-7-3-5-9-15(13)18(12-20(22)24-2)16-10-6-4-8-14(16)17/h3-12H,1-2H3. The zero-order valence-electron chi connectivity index (χ0n) is 13.4. The Balaban J connectivity index is 2.61. The molecule has 0 spiro atoms. The van der Waals surface area contributed by atoms with Crippen molar-refractivity contribution in [1.82, 2.24) is 0 Å². The predicted molar refractivity (Wildman–Crippen MR) is 93.7 cm³/mol. The van der Waals surface area contributed by atoms with Gasteiger partial charge >= 0.3 is 11.9 Å². The van der Waals surface area contributed by atoms with Crippen molar-refractivity contribution in [3.05, 3.63) is 59.0 Å². The van der Waals surface area contributed by atoms with Gasteiger partial charge in [-0.15, -0.1) is 0 Å². The molecular formula is C20H16O4. The smallest absolute Gasteiger partial charge is 0.331 e. The van der Waals surface area contributed by atoms with Gasteiger partial charge in [-0.2, -0.15) is 0 Å². The second kappa shape index (κ2) is 6.54. The maximum atomic E-state index is 11.8. The van der Waals surface area contributed by atoms with Crippen LogP contribution in [0.1, 0.15) is 0 Å². The molecule has 0 aliphatic heterocycles. The average molecular weight is 320 g/mol. The van der Waals surface area contributed by atoms with Crippen molar-refractivity contribution in [3.8, 4) is 0 Å². The largest absolute Gasteiger partial charge is 0.466 e. The molecule has 0 aliphatic carbocycles. The minimum Gasteiger partial charge on any atom is -0.466 e. The molecule has 0 aromatic heterocycles. The number of hydrogen-bond donors (Lipinski definition) is 0. The quantitative estimate of drug-likeness (QED) is 0.534. The Hall–Kier alpha value is -3.14. The van der Waals surface area contributed by atoms with Crippen LogP contribution in [0.15, 0.2) is 48.5 Å². The van der Waals surface area contributed by atoms with E-state index in [0.29, 0.717) is 0 Å². The number of fused-ring (bicyclic) bond motifs is 2. The van der Waals surface area contributed by atoms with Gasteiger partial charge in [-0.1, -0.05) is 48.5 Å². The van der Waals surface area contributed by atoms with E-state index in [1.165, 1.54) is 26.4 Å². The molecule has 0 aliphatic rings. The van der Waals surface area contributed by atoms with Crippen LogP contribution in [-0.4, -0.2) is 26.2 Å². The van der Waals surface area contributed by atoms with Crippen LogP contribution in [0.5, 0.6) is 0 Å². The van der Waals surface area contributed by atoms with E-state index in [0.717, 1.165) is 32.0 Å². The fourth-order valence-electron chi connectivity index (χ4n) is 2.86. The molecule has 0 saturated heterocycles. The van der Waals surface area contributed by atoms with Crippen molar-refractivity contribution in [2.75, 3.05) is 14.2 Å². The highest BCUT2D eigenvalue weighted by Gasteiger charge is 2.08. The molecule has 0 heterocycles. The lowest BCUT2D eigenvalue weighted by Crippen LogP contribution is -2.18. The van der Waals surface area contributed by atoms with E-state index in [-0.39, 0.29) is 0 Å². The minimum absolute atomic E-state index is 0.421. The summed E-state index contributed by atoms with van der Waals surface area (Å²) in [4.78, 5) is 23.6. The molecule has 0 N–H and O–H groups in total. The van der Waals surface area contributed by atoms with Crippen molar-refractivity contribution in [3.63, 3.8) is 0 Å². The monoisotopic (exact) mass is 320 g/mol. The third-order valence-electron chi connectivity index (χ3n) is 3.94. The molecule has 3 aromatic carbocycles. The van der Waals surface area contributed by atoms with Crippen LogP contribution in [0, 0.1) is 0 Å². The number of ether oxygens (including phenoxy) is 2. The van der Waals surface area contributed by atoms with Crippen LogP contribution in [-0.2, 0) is 19.1 Å². The van der Waals surface area contributed by atoms with Crippen molar-refractivity contribution in [1.29, 1.82) is 0 Å². The number of methoxy groups -OCH3 is 2. The van der Waals surface area contributed by atoms with Gasteiger partial charge in [-0.25, -0.2) is 9.59 Å². The first-order valence-corrected chi connectivity index (χ1v) is 7.44. The van der Waals surface area contributed by atoms with Crippen LogP contribution < -0.4 is 10.4 Å². The van der Waals surface area contributed by atoms with Gasteiger partial charge in [0.05, 0.1) is 14.2 Å². The Morgan fingerprint density at radius 3 is 1.21 bits per heavy atom. The van der Waals surface area contributed by atoms with E-state index in [1.807, 2.05) is 48.5 Å². The molecular weight excluding hydrogens is 304 g/mol. The Labute approximate surface area is 138 Å². The van der Waals surface area contributed by atoms with Crippen LogP contribution in [0.2, 0.25) is 0 Å². The van der Waals surface area contributed by atoms with Crippen LogP contribution in [0.3, 0.4) is 0 Å². The van der Waals surface area contributed by atoms with Crippen LogP contribution in [0.4, 0.5) is 0 Å². The van der Waals surface area contributed by atoms with Gasteiger partial charge in [0.15, 0.2) is 0 Å². The highest BCUT2D eigenvalue weighted by Crippen LogP contribution is 2.13. The second-order valence-electron chi connectivity index (χ2n) is 5.25.